The fraction of sp³-hybridized carbons (Fsp3) is 0.909. The lowest BCUT2D eigenvalue weighted by molar-refractivity contribution is -0.139. The van der Waals surface area contributed by atoms with Crippen LogP contribution in [0.15, 0.2) is 0 Å². The molecular weight excluding hydrogens is 192 g/mol. The zero-order chi connectivity index (χ0) is 11.3. The molecule has 0 aliphatic carbocycles. The van der Waals surface area contributed by atoms with Crippen molar-refractivity contribution in [2.45, 2.75) is 25.8 Å². The number of ether oxygens (including phenoxy) is 1. The number of nitrogens with one attached hydrogen (secondary N) is 1. The molecule has 0 amide bonds. The second-order valence-corrected chi connectivity index (χ2v) is 4.39. The first-order valence-corrected chi connectivity index (χ1v) is 5.62. The molecule has 88 valence electrons. The van der Waals surface area contributed by atoms with Crippen LogP contribution in [0.5, 0.6) is 0 Å². The highest BCUT2D eigenvalue weighted by Gasteiger charge is 2.22. The van der Waals surface area contributed by atoms with Gasteiger partial charge in [-0.25, -0.2) is 0 Å². The summed E-state index contributed by atoms with van der Waals surface area (Å²) in [7, 11) is 3.58. The summed E-state index contributed by atoms with van der Waals surface area (Å²) in [6.45, 7) is 4.80. The molecule has 0 aromatic heterocycles. The van der Waals surface area contributed by atoms with E-state index in [0.717, 1.165) is 13.1 Å². The van der Waals surface area contributed by atoms with Crippen molar-refractivity contribution in [3.8, 4) is 0 Å². The minimum Gasteiger partial charge on any atom is -0.468 e. The van der Waals surface area contributed by atoms with Gasteiger partial charge >= 0.3 is 5.97 Å². The third kappa shape index (κ3) is 4.18. The van der Waals surface area contributed by atoms with Crippen LogP contribution in [0.25, 0.3) is 0 Å². The van der Waals surface area contributed by atoms with Crippen molar-refractivity contribution in [2.75, 3.05) is 33.8 Å². The van der Waals surface area contributed by atoms with E-state index in [2.05, 4.69) is 28.9 Å². The normalized spacial score (nSPS) is 21.3. The fourth-order valence-corrected chi connectivity index (χ4v) is 2.01. The number of carbonyl (C=O) groups is 1. The molecule has 1 aliphatic rings. The van der Waals surface area contributed by atoms with E-state index in [0.29, 0.717) is 18.5 Å². The number of hydrogen-bond acceptors (Lipinski definition) is 4. The summed E-state index contributed by atoms with van der Waals surface area (Å²) in [6, 6.07) is 0.401. The SMILES string of the molecule is COC(=O)CNC(C)C1CCN(C)CC1. The Morgan fingerprint density at radius 2 is 2.13 bits per heavy atom. The number of hydrogen-bond donors (Lipinski definition) is 1. The van der Waals surface area contributed by atoms with Gasteiger partial charge in [-0.2, -0.15) is 0 Å². The van der Waals surface area contributed by atoms with E-state index < -0.39 is 0 Å². The van der Waals surface area contributed by atoms with Gasteiger partial charge in [-0.05, 0) is 45.8 Å². The lowest BCUT2D eigenvalue weighted by Gasteiger charge is -2.32. The average molecular weight is 214 g/mol. The molecule has 0 bridgehead atoms. The Bertz CT molecular complexity index is 201. The van der Waals surface area contributed by atoms with Crippen LogP contribution in [-0.4, -0.2) is 50.7 Å². The third-order valence-corrected chi connectivity index (χ3v) is 3.27. The lowest BCUT2D eigenvalue weighted by atomic mass is 9.90. The number of rotatable bonds is 4. The van der Waals surface area contributed by atoms with Crippen LogP contribution in [0, 0.1) is 5.92 Å². The average Bonchev–Trinajstić information content (AvgIpc) is 2.26. The second-order valence-electron chi connectivity index (χ2n) is 4.39. The number of likely N-dealkylation sites (tertiary alicyclic amines) is 1. The van der Waals surface area contributed by atoms with Crippen LogP contribution < -0.4 is 5.32 Å². The number of esters is 1. The minimum absolute atomic E-state index is 0.185. The number of piperidine rings is 1. The van der Waals surface area contributed by atoms with Gasteiger partial charge in [0.1, 0.15) is 0 Å². The van der Waals surface area contributed by atoms with Crippen LogP contribution in [0.3, 0.4) is 0 Å². The van der Waals surface area contributed by atoms with Crippen LogP contribution in [0.4, 0.5) is 0 Å². The Morgan fingerprint density at radius 1 is 1.53 bits per heavy atom. The van der Waals surface area contributed by atoms with E-state index >= 15 is 0 Å². The maximum Gasteiger partial charge on any atom is 0.319 e. The summed E-state index contributed by atoms with van der Waals surface area (Å²) in [5.41, 5.74) is 0. The first-order valence-electron chi connectivity index (χ1n) is 5.62. The molecule has 1 saturated heterocycles. The zero-order valence-corrected chi connectivity index (χ0v) is 9.95. The lowest BCUT2D eigenvalue weighted by Crippen LogP contribution is -2.42. The van der Waals surface area contributed by atoms with Gasteiger partial charge in [0.15, 0.2) is 0 Å². The molecule has 1 rings (SSSR count). The van der Waals surface area contributed by atoms with Crippen molar-refractivity contribution < 1.29 is 9.53 Å². The summed E-state index contributed by atoms with van der Waals surface area (Å²) < 4.78 is 4.60. The van der Waals surface area contributed by atoms with Gasteiger partial charge in [0.25, 0.3) is 0 Å². The molecule has 15 heavy (non-hydrogen) atoms. The van der Waals surface area contributed by atoms with Gasteiger partial charge < -0.3 is 15.0 Å². The van der Waals surface area contributed by atoms with Crippen molar-refractivity contribution in [3.63, 3.8) is 0 Å². The molecule has 1 fully saturated rings. The van der Waals surface area contributed by atoms with Gasteiger partial charge in [0.2, 0.25) is 0 Å². The van der Waals surface area contributed by atoms with E-state index in [1.807, 2.05) is 0 Å². The summed E-state index contributed by atoms with van der Waals surface area (Å²) in [4.78, 5) is 13.3. The van der Waals surface area contributed by atoms with Crippen molar-refractivity contribution in [1.82, 2.24) is 10.2 Å². The molecule has 4 nitrogen and oxygen atoms in total. The highest BCUT2D eigenvalue weighted by Crippen LogP contribution is 2.19. The summed E-state index contributed by atoms with van der Waals surface area (Å²) >= 11 is 0. The number of carbonyl (C=O) groups excluding carboxylic acids is 1. The predicted octanol–water partition coefficient (Wildman–Crippen LogP) is 0.479. The standard InChI is InChI=1S/C11H22N2O2/c1-9(12-8-11(14)15-3)10-4-6-13(2)7-5-10/h9-10,12H,4-8H2,1-3H3. The maximum absolute atomic E-state index is 11.0. The number of methoxy groups -OCH3 is 1. The van der Waals surface area contributed by atoms with E-state index in [1.165, 1.54) is 20.0 Å². The van der Waals surface area contributed by atoms with Crippen molar-refractivity contribution >= 4 is 5.97 Å². The van der Waals surface area contributed by atoms with E-state index in [1.54, 1.807) is 0 Å². The minimum atomic E-state index is -0.185. The van der Waals surface area contributed by atoms with Gasteiger partial charge in [-0.1, -0.05) is 0 Å². The van der Waals surface area contributed by atoms with Gasteiger partial charge in [0.05, 0.1) is 13.7 Å². The van der Waals surface area contributed by atoms with Gasteiger partial charge in [0, 0.05) is 6.04 Å². The van der Waals surface area contributed by atoms with Crippen LogP contribution >= 0.6 is 0 Å². The first-order chi connectivity index (χ1) is 7.13. The fourth-order valence-electron chi connectivity index (χ4n) is 2.01. The van der Waals surface area contributed by atoms with Gasteiger partial charge in [-0.15, -0.1) is 0 Å². The predicted molar refractivity (Wildman–Crippen MR) is 59.7 cm³/mol. The highest BCUT2D eigenvalue weighted by atomic mass is 16.5. The molecular formula is C11H22N2O2. The second kappa shape index (κ2) is 6.08. The van der Waals surface area contributed by atoms with Crippen molar-refractivity contribution in [2.24, 2.45) is 5.92 Å². The van der Waals surface area contributed by atoms with E-state index in [4.69, 9.17) is 0 Å². The molecule has 1 N–H and O–H groups in total. The van der Waals surface area contributed by atoms with Crippen LogP contribution in [-0.2, 0) is 9.53 Å². The highest BCUT2D eigenvalue weighted by molar-refractivity contribution is 5.71. The zero-order valence-electron chi connectivity index (χ0n) is 9.95. The summed E-state index contributed by atoms with van der Waals surface area (Å²) in [5, 5.41) is 3.22. The molecule has 0 aromatic rings. The third-order valence-electron chi connectivity index (χ3n) is 3.27. The summed E-state index contributed by atoms with van der Waals surface area (Å²) in [5.74, 6) is 0.501. The van der Waals surface area contributed by atoms with Crippen LogP contribution in [0.2, 0.25) is 0 Å². The Labute approximate surface area is 92.0 Å². The topological polar surface area (TPSA) is 41.6 Å². The Morgan fingerprint density at radius 3 is 2.67 bits per heavy atom. The van der Waals surface area contributed by atoms with Crippen LogP contribution in [0.1, 0.15) is 19.8 Å². The molecule has 0 spiro atoms. The van der Waals surface area contributed by atoms with E-state index in [-0.39, 0.29) is 5.97 Å². The molecule has 0 radical (unpaired) electrons. The first kappa shape index (κ1) is 12.5. The molecule has 1 unspecified atom stereocenters. The molecule has 1 heterocycles. The van der Waals surface area contributed by atoms with E-state index in [9.17, 15) is 4.79 Å². The Hall–Kier alpha value is -0.610. The largest absolute Gasteiger partial charge is 0.468 e. The Balaban J connectivity index is 2.22. The molecule has 1 aliphatic heterocycles. The van der Waals surface area contributed by atoms with Crippen molar-refractivity contribution in [1.29, 1.82) is 0 Å². The maximum atomic E-state index is 11.0. The summed E-state index contributed by atoms with van der Waals surface area (Å²) in [6.07, 6.45) is 2.43. The van der Waals surface area contributed by atoms with Gasteiger partial charge in [-0.3, -0.25) is 4.79 Å². The Kier molecular flexibility index (Phi) is 5.05. The molecule has 0 aromatic carbocycles. The smallest absolute Gasteiger partial charge is 0.319 e. The molecule has 1 atom stereocenters. The quantitative estimate of drug-likeness (QED) is 0.691. The monoisotopic (exact) mass is 214 g/mol. The van der Waals surface area contributed by atoms with Crippen molar-refractivity contribution in [3.05, 3.63) is 0 Å². The molecule has 0 saturated carbocycles. The molecule has 4 heteroatoms. The number of nitrogens with zero attached hydrogens (tertiary/aromatic N) is 1.